The minimum Gasteiger partial charge on any atom is -0.370 e. The molecule has 0 radical (unpaired) electrons. The number of carbonyl (C=O) groups is 9. The molecule has 0 bridgehead atoms. The Kier molecular flexibility index (Phi) is 17.2. The second kappa shape index (κ2) is 24.0. The fourth-order valence-corrected chi connectivity index (χ4v) is 13.0. The number of hydrogen-bond acceptors (Lipinski definition) is 13. The quantitative estimate of drug-likeness (QED) is 0.0457. The Bertz CT molecular complexity index is 3640. The number of imide groups is 1. The Morgan fingerprint density at radius 3 is 2.23 bits per heavy atom. The number of amides is 8. The van der Waals surface area contributed by atoms with Gasteiger partial charge in [-0.3, -0.25) is 62.2 Å². The zero-order valence-corrected chi connectivity index (χ0v) is 46.8. The van der Waals surface area contributed by atoms with Crippen LogP contribution in [0.1, 0.15) is 115 Å². The number of piperidine rings is 1. The summed E-state index contributed by atoms with van der Waals surface area (Å²) in [6.07, 6.45) is 5.70. The number of aromatic nitrogens is 3. The predicted octanol–water partition coefficient (Wildman–Crippen LogP) is 1.72. The maximum atomic E-state index is 15.0. The minimum atomic E-state index is -5.14. The number of rotatable bonds is 18. The Balaban J connectivity index is 0.889. The van der Waals surface area contributed by atoms with E-state index in [0.29, 0.717) is 28.5 Å². The summed E-state index contributed by atoms with van der Waals surface area (Å²) in [7, 11) is -6.97. The average molecular weight is 1170 g/mol. The van der Waals surface area contributed by atoms with Crippen LogP contribution in [-0.4, -0.2) is 138 Å². The van der Waals surface area contributed by atoms with E-state index in [1.165, 1.54) is 62.6 Å². The summed E-state index contributed by atoms with van der Waals surface area (Å²) in [5.41, 5.74) is 6.45. The third-order valence-corrected chi connectivity index (χ3v) is 18.2. The van der Waals surface area contributed by atoms with E-state index in [9.17, 15) is 65.9 Å². The summed E-state index contributed by atoms with van der Waals surface area (Å²) in [4.78, 5) is 159. The van der Waals surface area contributed by atoms with Gasteiger partial charge in [0.1, 0.15) is 29.9 Å². The molecule has 9 N–H and O–H groups in total. The first-order valence-corrected chi connectivity index (χ1v) is 30.7. The number of nitrogens with one attached hydrogen (secondary N) is 5. The van der Waals surface area contributed by atoms with E-state index < -0.39 is 88.6 Å². The van der Waals surface area contributed by atoms with Crippen molar-refractivity contribution in [3.8, 4) is 0 Å². The summed E-state index contributed by atoms with van der Waals surface area (Å²) < 4.78 is 38.6. The second-order valence-electron chi connectivity index (χ2n) is 22.0. The van der Waals surface area contributed by atoms with Crippen molar-refractivity contribution in [2.24, 2.45) is 24.6 Å². The molecule has 5 aromatic rings. The molecular formula is C55H65N10O15PS. The zero-order valence-electron chi connectivity index (χ0n) is 45.1. The van der Waals surface area contributed by atoms with Crippen molar-refractivity contribution in [3.05, 3.63) is 99.6 Å². The van der Waals surface area contributed by atoms with Gasteiger partial charge in [0.15, 0.2) is 9.84 Å². The molecule has 4 aliphatic rings. The highest BCUT2D eigenvalue weighted by Crippen LogP contribution is 2.40. The van der Waals surface area contributed by atoms with Gasteiger partial charge in [0.05, 0.1) is 15.9 Å². The number of imidazole rings is 1. The highest BCUT2D eigenvalue weighted by atomic mass is 32.2. The molecule has 2 aromatic heterocycles. The lowest BCUT2D eigenvalue weighted by molar-refractivity contribution is -0.146. The van der Waals surface area contributed by atoms with Crippen LogP contribution in [-0.2, 0) is 68.0 Å². The van der Waals surface area contributed by atoms with E-state index in [0.717, 1.165) is 43.9 Å². The molecule has 5 heterocycles. The molecule has 82 heavy (non-hydrogen) atoms. The van der Waals surface area contributed by atoms with Crippen LogP contribution in [0.25, 0.3) is 21.9 Å². The standard InChI is InChI=1S/C55H65N10O15PS/c1-62-45-24-33(9-16-42(45)65(55(62)75)44-18-20-47(67)61-52(44)72)23-30-3-5-31(6-4-30)25-48(68)63-22-21-36-11-17-43(51(71)59-39(15-19-46(56)66)49(69)57-28-32-7-12-37(13-8-32)82(2,79)80)64(36)53(73)41(29-63)60-50(70)40-27-35-26-34(10-14-38(35)58-40)54(74)81(76,77)78/h7-10,12-14,16,24,26-27,30-31,36,39,41,43-44,58H,3-6,11,15,17-23,25,28-29H2,1-2H3,(H2,56,66)(H,57,69)(H,59,71)(H,60,70)(H,61,67,72)(H2,76,77,78)/t30-,31+,36?,39-,41+,43+,44?/m1/s1. The van der Waals surface area contributed by atoms with E-state index >= 15 is 4.79 Å². The van der Waals surface area contributed by atoms with Crippen LogP contribution < -0.4 is 32.7 Å². The van der Waals surface area contributed by atoms with E-state index in [1.807, 2.05) is 18.2 Å². The second-order valence-corrected chi connectivity index (χ2v) is 25.5. The van der Waals surface area contributed by atoms with Crippen molar-refractivity contribution in [2.75, 3.05) is 19.3 Å². The van der Waals surface area contributed by atoms with Gasteiger partial charge in [0.2, 0.25) is 41.4 Å². The van der Waals surface area contributed by atoms with E-state index in [-0.39, 0.29) is 115 Å². The highest BCUT2D eigenvalue weighted by molar-refractivity contribution is 7.90. The van der Waals surface area contributed by atoms with E-state index in [1.54, 1.807) is 11.9 Å². The van der Waals surface area contributed by atoms with Gasteiger partial charge >= 0.3 is 13.3 Å². The van der Waals surface area contributed by atoms with Crippen molar-refractivity contribution in [1.29, 1.82) is 0 Å². The number of hydrogen-bond donors (Lipinski definition) is 8. The molecule has 25 nitrogen and oxygen atoms in total. The Hall–Kier alpha value is -7.80. The van der Waals surface area contributed by atoms with Crippen molar-refractivity contribution in [3.63, 3.8) is 0 Å². The summed E-state index contributed by atoms with van der Waals surface area (Å²) >= 11 is 0. The van der Waals surface area contributed by atoms with Crippen LogP contribution >= 0.6 is 7.60 Å². The van der Waals surface area contributed by atoms with Crippen LogP contribution in [0.4, 0.5) is 0 Å². The monoisotopic (exact) mass is 1170 g/mol. The lowest BCUT2D eigenvalue weighted by Crippen LogP contribution is -2.62. The molecule has 3 aliphatic heterocycles. The zero-order chi connectivity index (χ0) is 58.9. The number of primary amides is 1. The van der Waals surface area contributed by atoms with Gasteiger partial charge in [-0.15, -0.1) is 0 Å². The number of carbonyl (C=O) groups excluding carboxylic acids is 9. The van der Waals surface area contributed by atoms with Crippen LogP contribution in [0.2, 0.25) is 0 Å². The first-order valence-electron chi connectivity index (χ1n) is 27.2. The maximum absolute atomic E-state index is 15.0. The summed E-state index contributed by atoms with van der Waals surface area (Å²) in [5.74, 6) is -4.43. The van der Waals surface area contributed by atoms with Gasteiger partial charge < -0.3 is 46.3 Å². The molecule has 3 aromatic carbocycles. The largest absolute Gasteiger partial charge is 0.396 e. The lowest BCUT2D eigenvalue weighted by Gasteiger charge is -2.39. The summed E-state index contributed by atoms with van der Waals surface area (Å²) in [5, 5.41) is 10.8. The van der Waals surface area contributed by atoms with E-state index in [2.05, 4.69) is 26.3 Å². The van der Waals surface area contributed by atoms with Crippen molar-refractivity contribution in [1.82, 2.24) is 45.2 Å². The molecule has 436 valence electrons. The first kappa shape index (κ1) is 58.8. The molecule has 9 rings (SSSR count). The molecule has 27 heteroatoms. The molecule has 5 atom stereocenters. The molecule has 3 saturated heterocycles. The molecular weight excluding hydrogens is 1100 g/mol. The maximum Gasteiger partial charge on any atom is 0.396 e. The topological polar surface area (TPSA) is 369 Å². The predicted molar refractivity (Wildman–Crippen MR) is 295 cm³/mol. The van der Waals surface area contributed by atoms with Crippen LogP contribution in [0, 0.1) is 11.8 Å². The number of nitrogens with zero attached hydrogens (tertiary/aromatic N) is 4. The minimum absolute atomic E-state index is 0.00803. The molecule has 1 saturated carbocycles. The third kappa shape index (κ3) is 13.1. The summed E-state index contributed by atoms with van der Waals surface area (Å²) in [6.45, 7) is -0.168. The van der Waals surface area contributed by atoms with Gasteiger partial charge in [0, 0.05) is 74.7 Å². The number of benzene rings is 3. The Morgan fingerprint density at radius 2 is 1.55 bits per heavy atom. The first-order chi connectivity index (χ1) is 38.8. The van der Waals surface area contributed by atoms with Gasteiger partial charge in [-0.25, -0.2) is 13.2 Å². The van der Waals surface area contributed by atoms with Crippen molar-refractivity contribution < 1.29 is 65.9 Å². The normalized spacial score (nSPS) is 22.0. The fraction of sp³-hybridized carbons (Fsp3) is 0.455. The molecule has 4 fully saturated rings. The van der Waals surface area contributed by atoms with Gasteiger partial charge in [-0.1, -0.05) is 18.2 Å². The van der Waals surface area contributed by atoms with Crippen molar-refractivity contribution in [2.45, 2.75) is 125 Å². The third-order valence-electron chi connectivity index (χ3n) is 16.3. The number of sulfone groups is 1. The average Bonchev–Trinajstić information content (AvgIpc) is 3.28. The molecule has 1 aliphatic carbocycles. The van der Waals surface area contributed by atoms with Crippen molar-refractivity contribution >= 4 is 92.2 Å². The number of H-pyrrole nitrogens is 1. The number of aryl methyl sites for hydroxylation is 1. The SMILES string of the molecule is Cn1c(=O)n(C2CCC(=O)NC2=O)c2ccc(C[C@H]3CC[C@@H](CC(=O)N4CCC5CC[C@@H](C(=O)N[C@H](CCC(N)=O)C(=O)NCc6ccc(S(C)(=O)=O)cc6)N5C(=O)[C@@H](NC(=O)c5cc6cc(C(=O)P(=O)(O)O)ccc6[nH]5)C4)CC3)cc21. The fourth-order valence-electron chi connectivity index (χ4n) is 11.9. The van der Waals surface area contributed by atoms with E-state index in [4.69, 9.17) is 5.73 Å². The molecule has 0 spiro atoms. The number of fused-ring (bicyclic) bond motifs is 3. The Labute approximate surface area is 470 Å². The Morgan fingerprint density at radius 1 is 0.841 bits per heavy atom. The van der Waals surface area contributed by atoms with Crippen LogP contribution in [0.5, 0.6) is 0 Å². The van der Waals surface area contributed by atoms with Gasteiger partial charge in [0.25, 0.3) is 11.4 Å². The number of nitrogens with two attached hydrogens (primary N) is 1. The summed E-state index contributed by atoms with van der Waals surface area (Å²) in [6, 6.07) is 11.4. The smallest absolute Gasteiger partial charge is 0.370 e. The van der Waals surface area contributed by atoms with Gasteiger partial charge in [-0.2, -0.15) is 0 Å². The number of aromatic amines is 1. The van der Waals surface area contributed by atoms with Crippen LogP contribution in [0.3, 0.4) is 0 Å². The van der Waals surface area contributed by atoms with Gasteiger partial charge in [-0.05, 0) is 136 Å². The lowest BCUT2D eigenvalue weighted by atomic mass is 9.78. The van der Waals surface area contributed by atoms with Crippen LogP contribution in [0.15, 0.2) is 76.4 Å². The molecule has 8 amide bonds. The molecule has 2 unspecified atom stereocenters. The highest BCUT2D eigenvalue weighted by Gasteiger charge is 2.46.